The van der Waals surface area contributed by atoms with Gasteiger partial charge in [0.1, 0.15) is 5.82 Å². The molecule has 0 fully saturated rings. The van der Waals surface area contributed by atoms with Crippen molar-refractivity contribution >= 4 is 21.8 Å². The van der Waals surface area contributed by atoms with Crippen molar-refractivity contribution in [1.29, 1.82) is 0 Å². The fraction of sp³-hybridized carbons (Fsp3) is 0.462. The number of halogens is 2. The van der Waals surface area contributed by atoms with Crippen molar-refractivity contribution in [3.63, 3.8) is 0 Å². The van der Waals surface area contributed by atoms with Gasteiger partial charge in [-0.15, -0.1) is 0 Å². The molecule has 0 saturated carbocycles. The summed E-state index contributed by atoms with van der Waals surface area (Å²) in [5.41, 5.74) is -0.139. The zero-order valence-electron chi connectivity index (χ0n) is 11.1. The van der Waals surface area contributed by atoms with Crippen molar-refractivity contribution in [3.05, 3.63) is 34.1 Å². The van der Waals surface area contributed by atoms with E-state index >= 15 is 0 Å². The highest BCUT2D eigenvalue weighted by Gasteiger charge is 2.23. The van der Waals surface area contributed by atoms with Gasteiger partial charge in [-0.05, 0) is 56.0 Å². The first-order valence-electron chi connectivity index (χ1n) is 5.65. The van der Waals surface area contributed by atoms with E-state index in [1.54, 1.807) is 12.1 Å². The third kappa shape index (κ3) is 3.53. The number of likely N-dealkylation sites (N-methyl/N-ethyl adjacent to an activating group) is 1. The molecule has 1 aromatic rings. The highest BCUT2D eigenvalue weighted by molar-refractivity contribution is 9.10. The fourth-order valence-electron chi connectivity index (χ4n) is 1.26. The van der Waals surface area contributed by atoms with E-state index in [1.165, 1.54) is 6.07 Å². The van der Waals surface area contributed by atoms with Gasteiger partial charge < -0.3 is 10.2 Å². The molecule has 0 aromatic heterocycles. The van der Waals surface area contributed by atoms with Crippen molar-refractivity contribution in [2.24, 2.45) is 0 Å². The Morgan fingerprint density at radius 2 is 2.06 bits per heavy atom. The summed E-state index contributed by atoms with van der Waals surface area (Å²) in [5, 5.41) is 2.75. The molecular formula is C13H18BrFN2O. The molecule has 18 heavy (non-hydrogen) atoms. The molecule has 0 unspecified atom stereocenters. The fourth-order valence-corrected chi connectivity index (χ4v) is 1.78. The van der Waals surface area contributed by atoms with Gasteiger partial charge in [0, 0.05) is 16.6 Å². The van der Waals surface area contributed by atoms with E-state index in [1.807, 2.05) is 32.8 Å². The van der Waals surface area contributed by atoms with Crippen LogP contribution in [0.3, 0.4) is 0 Å². The van der Waals surface area contributed by atoms with Gasteiger partial charge in [0.15, 0.2) is 0 Å². The SMILES string of the molecule is CN(C)C(C)(C)CNC(=O)c1c(F)cccc1Br. The van der Waals surface area contributed by atoms with Crippen LogP contribution in [0.2, 0.25) is 0 Å². The van der Waals surface area contributed by atoms with E-state index in [2.05, 4.69) is 21.2 Å². The highest BCUT2D eigenvalue weighted by atomic mass is 79.9. The molecule has 5 heteroatoms. The average molecular weight is 317 g/mol. The van der Waals surface area contributed by atoms with Gasteiger partial charge in [-0.3, -0.25) is 4.79 Å². The molecule has 100 valence electrons. The quantitative estimate of drug-likeness (QED) is 0.926. The smallest absolute Gasteiger partial charge is 0.255 e. The lowest BCUT2D eigenvalue weighted by Crippen LogP contribution is -2.48. The first-order chi connectivity index (χ1) is 8.25. The number of hydrogen-bond donors (Lipinski definition) is 1. The molecule has 0 saturated heterocycles. The Balaban J connectivity index is 2.79. The Labute approximate surface area is 115 Å². The number of hydrogen-bond acceptors (Lipinski definition) is 2. The average Bonchev–Trinajstić information content (AvgIpc) is 2.26. The summed E-state index contributed by atoms with van der Waals surface area (Å²) in [4.78, 5) is 14.0. The second-order valence-corrected chi connectivity index (χ2v) is 5.84. The topological polar surface area (TPSA) is 32.3 Å². The zero-order valence-corrected chi connectivity index (χ0v) is 12.6. The highest BCUT2D eigenvalue weighted by Crippen LogP contribution is 2.19. The van der Waals surface area contributed by atoms with Gasteiger partial charge in [-0.25, -0.2) is 4.39 Å². The first-order valence-corrected chi connectivity index (χ1v) is 6.44. The number of nitrogens with zero attached hydrogens (tertiary/aromatic N) is 1. The summed E-state index contributed by atoms with van der Waals surface area (Å²) in [7, 11) is 3.87. The van der Waals surface area contributed by atoms with Crippen LogP contribution in [0, 0.1) is 5.82 Å². The van der Waals surface area contributed by atoms with Crippen LogP contribution in [0.5, 0.6) is 0 Å². The number of benzene rings is 1. The molecule has 0 atom stereocenters. The van der Waals surface area contributed by atoms with Crippen LogP contribution in [0.1, 0.15) is 24.2 Å². The summed E-state index contributed by atoms with van der Waals surface area (Å²) in [5.74, 6) is -0.931. The van der Waals surface area contributed by atoms with Crippen molar-refractivity contribution in [1.82, 2.24) is 10.2 Å². The monoisotopic (exact) mass is 316 g/mol. The normalized spacial score (nSPS) is 11.7. The molecule has 1 aromatic carbocycles. The molecular weight excluding hydrogens is 299 g/mol. The predicted molar refractivity (Wildman–Crippen MR) is 74.2 cm³/mol. The predicted octanol–water partition coefficient (Wildman–Crippen LogP) is 2.66. The molecule has 1 N–H and O–H groups in total. The van der Waals surface area contributed by atoms with E-state index in [0.29, 0.717) is 11.0 Å². The largest absolute Gasteiger partial charge is 0.350 e. The molecule has 0 bridgehead atoms. The second kappa shape index (κ2) is 5.80. The van der Waals surface area contributed by atoms with Crippen LogP contribution < -0.4 is 5.32 Å². The maximum Gasteiger partial charge on any atom is 0.255 e. The summed E-state index contributed by atoms with van der Waals surface area (Å²) in [6, 6.07) is 4.48. The van der Waals surface area contributed by atoms with Crippen molar-refractivity contribution < 1.29 is 9.18 Å². The van der Waals surface area contributed by atoms with Crippen LogP contribution in [-0.2, 0) is 0 Å². The maximum atomic E-state index is 13.6. The third-order valence-electron chi connectivity index (χ3n) is 3.08. The van der Waals surface area contributed by atoms with Gasteiger partial charge >= 0.3 is 0 Å². The van der Waals surface area contributed by atoms with Gasteiger partial charge in [0.25, 0.3) is 5.91 Å². The Kier molecular flexibility index (Phi) is 4.87. The molecule has 3 nitrogen and oxygen atoms in total. The molecule has 1 rings (SSSR count). The van der Waals surface area contributed by atoms with Crippen LogP contribution in [-0.4, -0.2) is 37.0 Å². The summed E-state index contributed by atoms with van der Waals surface area (Å²) >= 11 is 3.19. The lowest BCUT2D eigenvalue weighted by atomic mass is 10.0. The van der Waals surface area contributed by atoms with E-state index in [0.717, 1.165) is 0 Å². The minimum absolute atomic E-state index is 0.0482. The van der Waals surface area contributed by atoms with Gasteiger partial charge in [-0.2, -0.15) is 0 Å². The number of rotatable bonds is 4. The van der Waals surface area contributed by atoms with Crippen molar-refractivity contribution in [3.8, 4) is 0 Å². The molecule has 0 heterocycles. The first kappa shape index (κ1) is 15.1. The molecule has 0 aliphatic rings. The van der Waals surface area contributed by atoms with Crippen LogP contribution in [0.15, 0.2) is 22.7 Å². The van der Waals surface area contributed by atoms with E-state index in [4.69, 9.17) is 0 Å². The number of carbonyl (C=O) groups excluding carboxylic acids is 1. The van der Waals surface area contributed by atoms with Gasteiger partial charge in [-0.1, -0.05) is 6.07 Å². The Morgan fingerprint density at radius 1 is 1.44 bits per heavy atom. The van der Waals surface area contributed by atoms with Crippen LogP contribution in [0.4, 0.5) is 4.39 Å². The minimum atomic E-state index is -0.524. The minimum Gasteiger partial charge on any atom is -0.350 e. The zero-order chi connectivity index (χ0) is 13.9. The molecule has 1 amide bonds. The molecule has 0 aliphatic heterocycles. The second-order valence-electron chi connectivity index (χ2n) is 4.99. The maximum absolute atomic E-state index is 13.6. The van der Waals surface area contributed by atoms with E-state index in [9.17, 15) is 9.18 Å². The molecule has 0 spiro atoms. The van der Waals surface area contributed by atoms with E-state index in [-0.39, 0.29) is 11.1 Å². The van der Waals surface area contributed by atoms with E-state index < -0.39 is 11.7 Å². The van der Waals surface area contributed by atoms with Gasteiger partial charge in [0.05, 0.1) is 5.56 Å². The molecule has 0 radical (unpaired) electrons. The Hall–Kier alpha value is -0.940. The Morgan fingerprint density at radius 3 is 2.56 bits per heavy atom. The molecule has 0 aliphatic carbocycles. The summed E-state index contributed by atoms with van der Waals surface area (Å²) in [6.45, 7) is 4.45. The van der Waals surface area contributed by atoms with Crippen molar-refractivity contribution in [2.75, 3.05) is 20.6 Å². The van der Waals surface area contributed by atoms with Crippen molar-refractivity contribution in [2.45, 2.75) is 19.4 Å². The number of amides is 1. The number of nitrogens with one attached hydrogen (secondary N) is 1. The Bertz CT molecular complexity index is 426. The third-order valence-corrected chi connectivity index (χ3v) is 3.74. The number of carbonyl (C=O) groups is 1. The summed E-state index contributed by atoms with van der Waals surface area (Å²) in [6.07, 6.45) is 0. The van der Waals surface area contributed by atoms with Gasteiger partial charge in [0.2, 0.25) is 0 Å². The summed E-state index contributed by atoms with van der Waals surface area (Å²) < 4.78 is 14.0. The lowest BCUT2D eigenvalue weighted by molar-refractivity contribution is 0.0915. The standard InChI is InChI=1S/C13H18BrFN2O/c1-13(2,17(3)4)8-16-12(18)11-9(14)6-5-7-10(11)15/h5-7H,8H2,1-4H3,(H,16,18). The lowest BCUT2D eigenvalue weighted by Gasteiger charge is -2.32. The van der Waals surface area contributed by atoms with Crippen LogP contribution in [0.25, 0.3) is 0 Å². The van der Waals surface area contributed by atoms with Crippen LogP contribution >= 0.6 is 15.9 Å².